The van der Waals surface area contributed by atoms with Crippen LogP contribution in [-0.2, 0) is 15.9 Å². The third kappa shape index (κ3) is 2.90. The fourth-order valence-electron chi connectivity index (χ4n) is 6.51. The van der Waals surface area contributed by atoms with Crippen molar-refractivity contribution in [2.24, 2.45) is 11.3 Å². The highest BCUT2D eigenvalue weighted by molar-refractivity contribution is 5.87. The minimum atomic E-state index is -0.569. The summed E-state index contributed by atoms with van der Waals surface area (Å²) in [5.41, 5.74) is 9.65. The third-order valence-corrected chi connectivity index (χ3v) is 7.55. The van der Waals surface area contributed by atoms with E-state index in [2.05, 4.69) is 38.6 Å². The summed E-state index contributed by atoms with van der Waals surface area (Å²) < 4.78 is 15.3. The Morgan fingerprint density at radius 2 is 2.03 bits per heavy atom. The topological polar surface area (TPSA) is 88.1 Å². The molecule has 7 heteroatoms. The average molecular weight is 420 g/mol. The molecule has 2 saturated carbocycles. The first-order valence-corrected chi connectivity index (χ1v) is 11.2. The number of aryl methyl sites for hydroxylation is 1. The average Bonchev–Trinajstić information content (AvgIpc) is 3.30. The molecule has 4 heterocycles. The van der Waals surface area contributed by atoms with E-state index in [-0.39, 0.29) is 23.7 Å². The van der Waals surface area contributed by atoms with E-state index in [9.17, 15) is 0 Å². The molecule has 3 atom stereocenters. The minimum absolute atomic E-state index is 0.0137. The Morgan fingerprint density at radius 1 is 1.19 bits per heavy atom. The lowest BCUT2D eigenvalue weighted by atomic mass is 9.58. The highest BCUT2D eigenvalue weighted by atomic mass is 16.8. The highest BCUT2D eigenvalue weighted by Gasteiger charge is 2.65. The fraction of sp³-hybridized carbons (Fsp3) is 0.542. The zero-order valence-corrected chi connectivity index (χ0v) is 18.3. The van der Waals surface area contributed by atoms with Gasteiger partial charge in [-0.2, -0.15) is 0 Å². The van der Waals surface area contributed by atoms with Crippen LogP contribution < -0.4 is 5.73 Å². The van der Waals surface area contributed by atoms with Crippen molar-refractivity contribution in [3.63, 3.8) is 0 Å². The summed E-state index contributed by atoms with van der Waals surface area (Å²) in [4.78, 5) is 13.0. The number of aromatic nitrogens is 4. The molecule has 1 spiro atoms. The zero-order valence-electron chi connectivity index (χ0n) is 18.3. The number of hydrogen-bond donors (Lipinski definition) is 1. The second-order valence-electron chi connectivity index (χ2n) is 10.1. The molecule has 3 aromatic heterocycles. The van der Waals surface area contributed by atoms with E-state index >= 15 is 0 Å². The molecule has 0 bridgehead atoms. The molecule has 31 heavy (non-hydrogen) atoms. The van der Waals surface area contributed by atoms with E-state index in [1.165, 1.54) is 5.56 Å². The van der Waals surface area contributed by atoms with Crippen LogP contribution >= 0.6 is 0 Å². The number of rotatable bonds is 3. The third-order valence-electron chi connectivity index (χ3n) is 7.55. The van der Waals surface area contributed by atoms with Gasteiger partial charge in [-0.1, -0.05) is 6.07 Å². The van der Waals surface area contributed by atoms with Crippen LogP contribution in [0.2, 0.25) is 0 Å². The van der Waals surface area contributed by atoms with Crippen LogP contribution in [0.25, 0.3) is 11.0 Å². The number of nitrogen functional groups attached to an aromatic ring is 1. The van der Waals surface area contributed by atoms with E-state index in [0.29, 0.717) is 11.7 Å². The molecule has 0 unspecified atom stereocenters. The van der Waals surface area contributed by atoms with Gasteiger partial charge in [0.25, 0.3) is 0 Å². The summed E-state index contributed by atoms with van der Waals surface area (Å²) in [7, 11) is 0. The Hall–Kier alpha value is -2.51. The van der Waals surface area contributed by atoms with Crippen LogP contribution in [0.15, 0.2) is 36.9 Å². The summed E-state index contributed by atoms with van der Waals surface area (Å²) in [5, 5.41) is 0.915. The van der Waals surface area contributed by atoms with Crippen LogP contribution in [0, 0.1) is 18.3 Å². The summed E-state index contributed by atoms with van der Waals surface area (Å²) >= 11 is 0. The van der Waals surface area contributed by atoms with E-state index in [0.717, 1.165) is 42.4 Å². The molecule has 2 N–H and O–H groups in total. The largest absolute Gasteiger partial charge is 0.383 e. The maximum Gasteiger partial charge on any atom is 0.163 e. The molecule has 0 amide bonds. The number of nitrogens with zero attached hydrogens (tertiary/aromatic N) is 4. The van der Waals surface area contributed by atoms with Crippen molar-refractivity contribution >= 4 is 16.9 Å². The van der Waals surface area contributed by atoms with Crippen molar-refractivity contribution in [1.82, 2.24) is 19.5 Å². The first-order valence-electron chi connectivity index (χ1n) is 11.2. The first kappa shape index (κ1) is 19.2. The molecule has 1 aliphatic heterocycles. The van der Waals surface area contributed by atoms with Crippen LogP contribution in [0.4, 0.5) is 5.82 Å². The Labute approximate surface area is 182 Å². The second kappa shape index (κ2) is 6.50. The van der Waals surface area contributed by atoms with Crippen molar-refractivity contribution in [2.75, 3.05) is 5.73 Å². The lowest BCUT2D eigenvalue weighted by Crippen LogP contribution is -2.46. The van der Waals surface area contributed by atoms with Gasteiger partial charge in [0.15, 0.2) is 5.79 Å². The maximum absolute atomic E-state index is 6.53. The van der Waals surface area contributed by atoms with Gasteiger partial charge in [0.05, 0.1) is 17.5 Å². The highest BCUT2D eigenvalue weighted by Crippen LogP contribution is 2.64. The van der Waals surface area contributed by atoms with Crippen LogP contribution in [0.1, 0.15) is 50.4 Å². The number of hydrogen-bond acceptors (Lipinski definition) is 6. The molecule has 2 aliphatic carbocycles. The van der Waals surface area contributed by atoms with Crippen LogP contribution in [0.3, 0.4) is 0 Å². The normalized spacial score (nSPS) is 33.6. The van der Waals surface area contributed by atoms with Crippen LogP contribution in [-0.4, -0.2) is 37.5 Å². The van der Waals surface area contributed by atoms with E-state index in [1.54, 1.807) is 6.33 Å². The lowest BCUT2D eigenvalue weighted by Gasteiger charge is -2.49. The van der Waals surface area contributed by atoms with E-state index < -0.39 is 5.79 Å². The molecule has 3 fully saturated rings. The Balaban J connectivity index is 1.33. The second-order valence-corrected chi connectivity index (χ2v) is 10.1. The van der Waals surface area contributed by atoms with Gasteiger partial charge in [0, 0.05) is 23.5 Å². The summed E-state index contributed by atoms with van der Waals surface area (Å²) in [6.07, 6.45) is 9.94. The van der Waals surface area contributed by atoms with Crippen molar-refractivity contribution in [3.05, 3.63) is 48.2 Å². The molecule has 7 nitrogen and oxygen atoms in total. The summed E-state index contributed by atoms with van der Waals surface area (Å²) in [6, 6.07) is 6.47. The van der Waals surface area contributed by atoms with Crippen molar-refractivity contribution in [1.29, 1.82) is 0 Å². The summed E-state index contributed by atoms with van der Waals surface area (Å²) in [6.45, 7) is 6.18. The molecular formula is C24H29N5O2. The number of ether oxygens (including phenoxy) is 2. The maximum atomic E-state index is 6.53. The monoisotopic (exact) mass is 419 g/mol. The number of anilines is 1. The molecule has 3 aromatic rings. The van der Waals surface area contributed by atoms with Gasteiger partial charge in [-0.25, -0.2) is 9.97 Å². The van der Waals surface area contributed by atoms with Crippen molar-refractivity contribution in [3.8, 4) is 0 Å². The molecule has 6 rings (SSSR count). The lowest BCUT2D eigenvalue weighted by molar-refractivity contribution is -0.181. The molecule has 1 saturated heterocycles. The first-order chi connectivity index (χ1) is 14.9. The minimum Gasteiger partial charge on any atom is -0.383 e. The van der Waals surface area contributed by atoms with Gasteiger partial charge in [0.1, 0.15) is 23.9 Å². The van der Waals surface area contributed by atoms with Gasteiger partial charge in [-0.3, -0.25) is 4.98 Å². The molecule has 3 aliphatic rings. The van der Waals surface area contributed by atoms with E-state index in [4.69, 9.17) is 15.2 Å². The number of fused-ring (bicyclic) bond motifs is 3. The Morgan fingerprint density at radius 3 is 2.81 bits per heavy atom. The predicted molar refractivity (Wildman–Crippen MR) is 117 cm³/mol. The standard InChI is InChI=1S/C24H29N5O2/c1-14-7-17-21(25)27-13-28-22(17)29(14)18-11-24(20-19(18)30-23(2,3)31-20)9-16(10-24)8-15-5-4-6-26-12-15/h4-7,12-13,16,18-20H,8-11H2,1-3H3,(H2,25,27,28)/t16?,18-,19+,20+,24?/m1/s1. The van der Waals surface area contributed by atoms with Gasteiger partial charge in [-0.15, -0.1) is 0 Å². The smallest absolute Gasteiger partial charge is 0.163 e. The SMILES string of the molecule is Cc1cc2c(N)ncnc2n1[C@@H]1CC2(CC(Cc3cccnc3)C2)[C@H]2OC(C)(C)O[C@@H]12. The van der Waals surface area contributed by atoms with Gasteiger partial charge in [-0.05, 0) is 70.1 Å². The van der Waals surface area contributed by atoms with E-state index in [1.807, 2.05) is 32.3 Å². The van der Waals surface area contributed by atoms with Gasteiger partial charge >= 0.3 is 0 Å². The zero-order chi connectivity index (χ0) is 21.4. The fourth-order valence-corrected chi connectivity index (χ4v) is 6.51. The van der Waals surface area contributed by atoms with Crippen molar-refractivity contribution in [2.45, 2.75) is 70.5 Å². The number of pyridine rings is 1. The van der Waals surface area contributed by atoms with Gasteiger partial charge < -0.3 is 19.8 Å². The molecule has 0 radical (unpaired) electrons. The molecule has 0 aromatic carbocycles. The Bertz CT molecular complexity index is 1140. The predicted octanol–water partition coefficient (Wildman–Crippen LogP) is 3.82. The Kier molecular flexibility index (Phi) is 4.02. The molecule has 162 valence electrons. The quantitative estimate of drug-likeness (QED) is 0.694. The van der Waals surface area contributed by atoms with Crippen molar-refractivity contribution < 1.29 is 9.47 Å². The summed E-state index contributed by atoms with van der Waals surface area (Å²) in [5.74, 6) is 0.622. The van der Waals surface area contributed by atoms with Crippen LogP contribution in [0.5, 0.6) is 0 Å². The molecular weight excluding hydrogens is 390 g/mol. The number of nitrogens with two attached hydrogens (primary N) is 1. The van der Waals surface area contributed by atoms with Gasteiger partial charge in [0.2, 0.25) is 0 Å².